The van der Waals surface area contributed by atoms with Crippen LogP contribution >= 0.6 is 0 Å². The summed E-state index contributed by atoms with van der Waals surface area (Å²) in [4.78, 5) is 23.6. The van der Waals surface area contributed by atoms with Crippen LogP contribution in [0.15, 0.2) is 128 Å². The number of fused-ring (bicyclic) bond motifs is 2. The first-order chi connectivity index (χ1) is 27.7. The minimum Gasteiger partial charge on any atom is -0.305 e. The zero-order valence-electron chi connectivity index (χ0n) is 35.5. The molecule has 9 rings (SSSR count). The third-order valence-corrected chi connectivity index (χ3v) is 12.5. The van der Waals surface area contributed by atoms with Crippen LogP contribution < -0.4 is 0 Å². The Kier molecular flexibility index (Phi) is 11.7. The van der Waals surface area contributed by atoms with E-state index in [1.54, 1.807) is 6.20 Å². The van der Waals surface area contributed by atoms with Crippen molar-refractivity contribution in [3.63, 3.8) is 0 Å². The molecule has 3 aromatic heterocycles. The molecule has 7 aromatic rings. The second kappa shape index (κ2) is 16.5. The Hall–Kier alpha value is -5.16. The van der Waals surface area contributed by atoms with Crippen LogP contribution in [-0.4, -0.2) is 24.9 Å². The summed E-state index contributed by atoms with van der Waals surface area (Å²) in [5, 5.41) is 0. The summed E-state index contributed by atoms with van der Waals surface area (Å²) in [7, 11) is 0. The Morgan fingerprint density at radius 2 is 0.932 bits per heavy atom. The number of hydrogen-bond donors (Lipinski definition) is 0. The van der Waals surface area contributed by atoms with E-state index in [9.17, 15) is 0 Å². The minimum absolute atomic E-state index is 0. The second-order valence-corrected chi connectivity index (χ2v) is 18.6. The van der Waals surface area contributed by atoms with Crippen LogP contribution in [0.25, 0.3) is 56.7 Å². The molecule has 59 heavy (non-hydrogen) atoms. The van der Waals surface area contributed by atoms with Crippen LogP contribution in [0.2, 0.25) is 0 Å². The first-order valence-electron chi connectivity index (χ1n) is 20.6. The van der Waals surface area contributed by atoms with Crippen molar-refractivity contribution in [1.82, 2.24) is 24.9 Å². The fourth-order valence-electron chi connectivity index (χ4n) is 8.46. The Morgan fingerprint density at radius 1 is 0.441 bits per heavy atom. The third-order valence-electron chi connectivity index (χ3n) is 12.5. The summed E-state index contributed by atoms with van der Waals surface area (Å²) in [5.41, 5.74) is 13.5. The maximum absolute atomic E-state index is 4.93. The van der Waals surface area contributed by atoms with Crippen molar-refractivity contribution in [2.45, 2.75) is 103 Å². The van der Waals surface area contributed by atoms with Crippen LogP contribution in [-0.2, 0) is 41.8 Å². The van der Waals surface area contributed by atoms with Crippen LogP contribution in [0.5, 0.6) is 0 Å². The SMILES string of the molecule is CC1(C)CCC(C)(C)c2cc(-c3cc4c(cn3)C(C)(C)CCC4(C)C)[c-]cc21.[Ir].[c-]1ccc(-c2nc(-c3ccccc3)nc(-c3ccccc3)n2)cc1-c1ccccn1. The van der Waals surface area contributed by atoms with Gasteiger partial charge in [-0.2, -0.15) is 0 Å². The number of hydrogen-bond acceptors (Lipinski definition) is 5. The van der Waals surface area contributed by atoms with Gasteiger partial charge in [-0.15, -0.1) is 64.7 Å². The number of benzene rings is 4. The van der Waals surface area contributed by atoms with E-state index in [-0.39, 0.29) is 41.8 Å². The molecule has 1 radical (unpaired) electrons. The van der Waals surface area contributed by atoms with E-state index in [2.05, 4.69) is 96.9 Å². The van der Waals surface area contributed by atoms with E-state index >= 15 is 0 Å². The van der Waals surface area contributed by atoms with Gasteiger partial charge in [-0.3, -0.25) is 0 Å². The molecule has 0 spiro atoms. The molecule has 0 atom stereocenters. The van der Waals surface area contributed by atoms with Crippen molar-refractivity contribution in [2.75, 3.05) is 0 Å². The molecule has 0 aliphatic heterocycles. The zero-order valence-corrected chi connectivity index (χ0v) is 37.9. The second-order valence-electron chi connectivity index (χ2n) is 18.6. The van der Waals surface area contributed by atoms with Gasteiger partial charge in [0.05, 0.1) is 0 Å². The molecule has 2 aliphatic carbocycles. The molecular formula is C53H53IrN5-2. The predicted octanol–water partition coefficient (Wildman–Crippen LogP) is 13.0. The van der Waals surface area contributed by atoms with E-state index in [1.165, 1.54) is 47.9 Å². The monoisotopic (exact) mass is 952 g/mol. The van der Waals surface area contributed by atoms with Crippen molar-refractivity contribution in [3.05, 3.63) is 162 Å². The first-order valence-corrected chi connectivity index (χ1v) is 20.6. The van der Waals surface area contributed by atoms with Gasteiger partial charge in [0.15, 0.2) is 11.6 Å². The normalized spacial score (nSPS) is 16.6. The van der Waals surface area contributed by atoms with E-state index in [1.807, 2.05) is 97.1 Å². The molecule has 0 N–H and O–H groups in total. The average Bonchev–Trinajstić information content (AvgIpc) is 3.25. The summed E-state index contributed by atoms with van der Waals surface area (Å²) in [6.45, 7) is 19.0. The Labute approximate surface area is 364 Å². The van der Waals surface area contributed by atoms with Crippen LogP contribution in [0.3, 0.4) is 0 Å². The third kappa shape index (κ3) is 8.76. The molecule has 0 bridgehead atoms. The van der Waals surface area contributed by atoms with Gasteiger partial charge in [0.25, 0.3) is 0 Å². The van der Waals surface area contributed by atoms with Crippen LogP contribution in [0.4, 0.5) is 0 Å². The van der Waals surface area contributed by atoms with Gasteiger partial charge in [-0.05, 0) is 69.5 Å². The van der Waals surface area contributed by atoms with Crippen molar-refractivity contribution >= 4 is 0 Å². The summed E-state index contributed by atoms with van der Waals surface area (Å²) in [6, 6.07) is 45.5. The van der Waals surface area contributed by atoms with E-state index in [4.69, 9.17) is 19.9 Å². The quantitative estimate of drug-likeness (QED) is 0.161. The molecule has 0 fully saturated rings. The van der Waals surface area contributed by atoms with E-state index in [0.29, 0.717) is 17.5 Å². The molecule has 0 unspecified atom stereocenters. The van der Waals surface area contributed by atoms with Crippen molar-refractivity contribution in [3.8, 4) is 56.7 Å². The summed E-state index contributed by atoms with van der Waals surface area (Å²) in [6.07, 6.45) is 8.84. The number of pyridine rings is 2. The molecule has 3 heterocycles. The van der Waals surface area contributed by atoms with Crippen molar-refractivity contribution in [1.29, 1.82) is 0 Å². The van der Waals surface area contributed by atoms with Gasteiger partial charge in [-0.25, -0.2) is 15.0 Å². The summed E-state index contributed by atoms with van der Waals surface area (Å²) < 4.78 is 0. The van der Waals surface area contributed by atoms with E-state index < -0.39 is 0 Å². The topological polar surface area (TPSA) is 64.5 Å². The fourth-order valence-corrected chi connectivity index (χ4v) is 8.46. The van der Waals surface area contributed by atoms with E-state index in [0.717, 1.165) is 39.2 Å². The fraction of sp³-hybridized carbons (Fsp3) is 0.302. The number of aromatic nitrogens is 5. The average molecular weight is 952 g/mol. The van der Waals surface area contributed by atoms with Gasteiger partial charge in [0, 0.05) is 43.6 Å². The van der Waals surface area contributed by atoms with Crippen LogP contribution in [0.1, 0.15) is 103 Å². The molecule has 2 aliphatic rings. The molecule has 0 saturated carbocycles. The molecule has 4 aromatic carbocycles. The standard InChI is InChI=1S/C27H36N.C26H17N4.Ir/c1-24(2)11-12-25(3,4)20-15-18(9-10-19(20)24)23-16-21-22(17-28-23)27(7,8)14-13-26(21,5)6;1-3-10-19(11-4-1)24-28-25(20-12-5-2-6-13-20)30-26(29-24)22-15-9-14-21(18-22)23-16-7-8-17-27-23;/h10,15-17H,11-14H2,1-8H3;1-13,15-18H;/q2*-1;. The predicted molar refractivity (Wildman–Crippen MR) is 237 cm³/mol. The Morgan fingerprint density at radius 3 is 1.49 bits per heavy atom. The Balaban J connectivity index is 0.000000177. The molecule has 0 saturated heterocycles. The molecular weight excluding hydrogens is 899 g/mol. The maximum Gasteiger partial charge on any atom is 0.164 e. The van der Waals surface area contributed by atoms with Gasteiger partial charge in [0.1, 0.15) is 5.82 Å². The van der Waals surface area contributed by atoms with Crippen molar-refractivity contribution in [2.24, 2.45) is 0 Å². The molecule has 5 nitrogen and oxygen atoms in total. The molecule has 0 amide bonds. The number of nitrogens with zero attached hydrogens (tertiary/aromatic N) is 5. The van der Waals surface area contributed by atoms with Gasteiger partial charge in [-0.1, -0.05) is 146 Å². The van der Waals surface area contributed by atoms with Crippen molar-refractivity contribution < 1.29 is 20.1 Å². The van der Waals surface area contributed by atoms with Gasteiger partial charge < -0.3 is 9.97 Å². The minimum atomic E-state index is 0. The van der Waals surface area contributed by atoms with Gasteiger partial charge >= 0.3 is 0 Å². The smallest absolute Gasteiger partial charge is 0.164 e. The van der Waals surface area contributed by atoms with Crippen LogP contribution in [0, 0.1) is 12.1 Å². The van der Waals surface area contributed by atoms with Gasteiger partial charge in [0.2, 0.25) is 0 Å². The largest absolute Gasteiger partial charge is 0.305 e. The molecule has 301 valence electrons. The summed E-state index contributed by atoms with van der Waals surface area (Å²) >= 11 is 0. The first kappa shape index (κ1) is 42.0. The maximum atomic E-state index is 4.93. The summed E-state index contributed by atoms with van der Waals surface area (Å²) in [5.74, 6) is 1.91. The molecule has 6 heteroatoms. The number of rotatable bonds is 5. The zero-order chi connectivity index (χ0) is 40.7. The Bertz CT molecular complexity index is 2430.